The smallest absolute Gasteiger partial charge is 0.413 e. The van der Waals surface area contributed by atoms with Gasteiger partial charge in [-0.05, 0) is 35.2 Å². The van der Waals surface area contributed by atoms with E-state index in [-0.39, 0.29) is 49.3 Å². The Labute approximate surface area is 256 Å². The van der Waals surface area contributed by atoms with Crippen molar-refractivity contribution in [3.63, 3.8) is 0 Å². The second kappa shape index (κ2) is 14.3. The van der Waals surface area contributed by atoms with E-state index in [1.54, 1.807) is 12.1 Å². The van der Waals surface area contributed by atoms with Gasteiger partial charge in [0.1, 0.15) is 12.3 Å². The molecule has 0 aliphatic carbocycles. The number of fused-ring (bicyclic) bond motifs is 1. The molecule has 0 bridgehead atoms. The fourth-order valence-electron chi connectivity index (χ4n) is 4.67. The predicted octanol–water partition coefficient (Wildman–Crippen LogP) is 4.64. The molecule has 4 rings (SSSR count). The van der Waals surface area contributed by atoms with Crippen molar-refractivity contribution in [1.82, 2.24) is 19.6 Å². The maximum Gasteiger partial charge on any atom is 0.413 e. The molecule has 1 atom stereocenters. The van der Waals surface area contributed by atoms with Crippen LogP contribution in [-0.2, 0) is 32.5 Å². The van der Waals surface area contributed by atoms with Crippen molar-refractivity contribution >= 4 is 39.2 Å². The van der Waals surface area contributed by atoms with Gasteiger partial charge in [0, 0.05) is 25.9 Å². The lowest BCUT2D eigenvalue weighted by Crippen LogP contribution is -2.55. The van der Waals surface area contributed by atoms with Gasteiger partial charge in [0.15, 0.2) is 0 Å². The number of methoxy groups -OCH3 is 1. The van der Waals surface area contributed by atoms with Crippen LogP contribution in [0.25, 0.3) is 11.0 Å². The van der Waals surface area contributed by atoms with Gasteiger partial charge in [0.05, 0.1) is 23.0 Å². The number of aromatic amines is 1. The van der Waals surface area contributed by atoms with Gasteiger partial charge in [0.2, 0.25) is 16.0 Å². The second-order valence-electron chi connectivity index (χ2n) is 10.7. The first-order valence-electron chi connectivity index (χ1n) is 14.1. The zero-order valence-corrected chi connectivity index (χ0v) is 25.6. The van der Waals surface area contributed by atoms with E-state index < -0.39 is 27.9 Å². The predicted molar refractivity (Wildman–Crippen MR) is 165 cm³/mol. The molecule has 0 saturated heterocycles. The SMILES string of the molecule is COC(=O)Nc1nc2ccc(S(=O)(=O)N(CC(C)C)C(O)(CCNC(=O)OCc3ccccc3)Cc3ccccc3)cc2[nH]1. The van der Waals surface area contributed by atoms with Gasteiger partial charge in [-0.15, -0.1) is 0 Å². The van der Waals surface area contributed by atoms with Crippen molar-refractivity contribution in [2.45, 2.75) is 43.9 Å². The molecule has 234 valence electrons. The first kappa shape index (κ1) is 32.5. The van der Waals surface area contributed by atoms with Crippen LogP contribution in [0.5, 0.6) is 0 Å². The van der Waals surface area contributed by atoms with Crippen molar-refractivity contribution in [1.29, 1.82) is 0 Å². The number of hydrogen-bond acceptors (Lipinski definition) is 8. The number of benzene rings is 3. The number of carbonyl (C=O) groups is 2. The van der Waals surface area contributed by atoms with E-state index >= 15 is 0 Å². The Morgan fingerprint density at radius 3 is 2.30 bits per heavy atom. The number of hydrogen-bond donors (Lipinski definition) is 4. The summed E-state index contributed by atoms with van der Waals surface area (Å²) in [6.45, 7) is 3.73. The number of nitrogens with zero attached hydrogens (tertiary/aromatic N) is 2. The lowest BCUT2D eigenvalue weighted by Gasteiger charge is -2.40. The summed E-state index contributed by atoms with van der Waals surface area (Å²) >= 11 is 0. The number of amides is 2. The molecule has 0 spiro atoms. The first-order valence-corrected chi connectivity index (χ1v) is 15.5. The molecule has 4 N–H and O–H groups in total. The third kappa shape index (κ3) is 8.34. The lowest BCUT2D eigenvalue weighted by atomic mass is 9.98. The standard InChI is InChI=1S/C31H37N5O7S/c1-22(2)20-36(44(40,41)25-14-15-26-27(18-25)34-28(33-26)35-30(38)42-3)31(39,19-23-10-6-4-7-11-23)16-17-32-29(37)43-21-24-12-8-5-9-13-24/h4-15,18,22,39H,16-17,19-21H2,1-3H3,(H,32,37)(H2,33,34,35,38). The number of ether oxygens (including phenoxy) is 2. The summed E-state index contributed by atoms with van der Waals surface area (Å²) in [5.41, 5.74) is 0.394. The number of alkyl carbamates (subject to hydrolysis) is 1. The molecule has 4 aromatic rings. The van der Waals surface area contributed by atoms with Gasteiger partial charge in [-0.1, -0.05) is 74.5 Å². The summed E-state index contributed by atoms with van der Waals surface area (Å²) in [4.78, 5) is 31.1. The quantitative estimate of drug-likeness (QED) is 0.157. The van der Waals surface area contributed by atoms with Crippen molar-refractivity contribution < 1.29 is 32.6 Å². The van der Waals surface area contributed by atoms with E-state index in [9.17, 15) is 23.1 Å². The van der Waals surface area contributed by atoms with Gasteiger partial charge in [-0.2, -0.15) is 4.31 Å². The number of aromatic nitrogens is 2. The zero-order chi connectivity index (χ0) is 31.7. The van der Waals surface area contributed by atoms with Crippen molar-refractivity contribution in [2.24, 2.45) is 5.92 Å². The molecule has 13 heteroatoms. The normalized spacial score (nSPS) is 13.0. The number of H-pyrrole nitrogens is 1. The molecule has 0 aliphatic rings. The zero-order valence-electron chi connectivity index (χ0n) is 24.8. The van der Waals surface area contributed by atoms with Gasteiger partial charge < -0.3 is 24.9 Å². The Morgan fingerprint density at radius 2 is 1.66 bits per heavy atom. The molecule has 1 unspecified atom stereocenters. The Morgan fingerprint density at radius 1 is 1.00 bits per heavy atom. The maximum atomic E-state index is 14.3. The molecule has 0 aliphatic heterocycles. The first-order chi connectivity index (χ1) is 21.0. The average Bonchev–Trinajstić information content (AvgIpc) is 3.41. The van der Waals surface area contributed by atoms with Crippen molar-refractivity contribution in [2.75, 3.05) is 25.5 Å². The van der Waals surface area contributed by atoms with E-state index in [1.165, 1.54) is 25.3 Å². The number of aliphatic hydroxyl groups is 1. The molecule has 2 amide bonds. The number of carbonyl (C=O) groups excluding carboxylic acids is 2. The summed E-state index contributed by atoms with van der Waals surface area (Å²) in [6, 6.07) is 22.6. The highest BCUT2D eigenvalue weighted by Gasteiger charge is 2.43. The molecular weight excluding hydrogens is 586 g/mol. The van der Waals surface area contributed by atoms with E-state index in [1.807, 2.05) is 62.4 Å². The number of nitrogens with one attached hydrogen (secondary N) is 3. The minimum Gasteiger partial charge on any atom is -0.453 e. The topological polar surface area (TPSA) is 163 Å². The largest absolute Gasteiger partial charge is 0.453 e. The molecule has 0 radical (unpaired) electrons. The number of imidazole rings is 1. The van der Waals surface area contributed by atoms with Crippen LogP contribution >= 0.6 is 0 Å². The van der Waals surface area contributed by atoms with Gasteiger partial charge in [-0.25, -0.2) is 23.0 Å². The third-order valence-electron chi connectivity index (χ3n) is 6.78. The Kier molecular flexibility index (Phi) is 10.6. The Balaban J connectivity index is 1.61. The molecule has 3 aromatic carbocycles. The minimum absolute atomic E-state index is 0.000278. The van der Waals surface area contributed by atoms with Crippen LogP contribution in [0, 0.1) is 5.92 Å². The minimum atomic E-state index is -4.30. The molecule has 0 saturated carbocycles. The highest BCUT2D eigenvalue weighted by atomic mass is 32.2. The van der Waals surface area contributed by atoms with Crippen LogP contribution in [-0.4, -0.2) is 65.9 Å². The third-order valence-corrected chi connectivity index (χ3v) is 8.70. The lowest BCUT2D eigenvalue weighted by molar-refractivity contribution is -0.0702. The van der Waals surface area contributed by atoms with Gasteiger partial charge in [-0.3, -0.25) is 5.32 Å². The van der Waals surface area contributed by atoms with Gasteiger partial charge in [0.25, 0.3) is 0 Å². The molecule has 1 heterocycles. The Hall–Kier alpha value is -4.46. The van der Waals surface area contributed by atoms with E-state index in [0.29, 0.717) is 16.6 Å². The van der Waals surface area contributed by atoms with Crippen molar-refractivity contribution in [3.05, 3.63) is 90.0 Å². The van der Waals surface area contributed by atoms with Crippen LogP contribution in [0.2, 0.25) is 0 Å². The van der Waals surface area contributed by atoms with Crippen LogP contribution in [0.15, 0.2) is 83.8 Å². The fourth-order valence-corrected chi connectivity index (χ4v) is 6.53. The monoisotopic (exact) mass is 623 g/mol. The molecular formula is C31H37N5O7S. The fraction of sp³-hybridized carbons (Fsp3) is 0.323. The molecule has 44 heavy (non-hydrogen) atoms. The van der Waals surface area contributed by atoms with E-state index in [0.717, 1.165) is 9.87 Å². The van der Waals surface area contributed by atoms with Crippen LogP contribution in [0.1, 0.15) is 31.4 Å². The Bertz CT molecular complexity index is 1660. The highest BCUT2D eigenvalue weighted by molar-refractivity contribution is 7.89. The second-order valence-corrected chi connectivity index (χ2v) is 12.6. The van der Waals surface area contributed by atoms with Crippen LogP contribution < -0.4 is 10.6 Å². The summed E-state index contributed by atoms with van der Waals surface area (Å²) < 4.78 is 39.5. The number of sulfonamides is 1. The molecule has 1 aromatic heterocycles. The highest BCUT2D eigenvalue weighted by Crippen LogP contribution is 2.31. The summed E-state index contributed by atoms with van der Waals surface area (Å²) in [5.74, 6) is -0.0612. The number of anilines is 1. The van der Waals surface area contributed by atoms with Gasteiger partial charge >= 0.3 is 12.2 Å². The molecule has 12 nitrogen and oxygen atoms in total. The average molecular weight is 624 g/mol. The van der Waals surface area contributed by atoms with Crippen LogP contribution in [0.4, 0.5) is 15.5 Å². The van der Waals surface area contributed by atoms with Crippen molar-refractivity contribution in [3.8, 4) is 0 Å². The maximum absolute atomic E-state index is 14.3. The van der Waals surface area contributed by atoms with E-state index in [4.69, 9.17) is 4.74 Å². The summed E-state index contributed by atoms with van der Waals surface area (Å²) in [6.07, 6.45) is -1.56. The molecule has 0 fully saturated rings. The van der Waals surface area contributed by atoms with E-state index in [2.05, 4.69) is 25.3 Å². The summed E-state index contributed by atoms with van der Waals surface area (Å²) in [5, 5.41) is 17.3. The summed E-state index contributed by atoms with van der Waals surface area (Å²) in [7, 11) is -3.09. The number of rotatable bonds is 13. The van der Waals surface area contributed by atoms with Crippen LogP contribution in [0.3, 0.4) is 0 Å².